The van der Waals surface area contributed by atoms with Gasteiger partial charge in [-0.3, -0.25) is 19.8 Å². The van der Waals surface area contributed by atoms with Crippen molar-refractivity contribution in [1.29, 1.82) is 0 Å². The molecule has 0 unspecified atom stereocenters. The molecule has 1 fully saturated rings. The number of H-pyrrole nitrogens is 1. The first kappa shape index (κ1) is 28.6. The summed E-state index contributed by atoms with van der Waals surface area (Å²) in [7, 11) is 0. The van der Waals surface area contributed by atoms with Crippen LogP contribution in [0.15, 0.2) is 48.7 Å². The van der Waals surface area contributed by atoms with Crippen LogP contribution in [0.25, 0.3) is 11.3 Å². The van der Waals surface area contributed by atoms with Crippen molar-refractivity contribution in [2.24, 2.45) is 5.41 Å². The maximum Gasteiger partial charge on any atom is 0.310 e. The average molecular weight is 585 g/mol. The summed E-state index contributed by atoms with van der Waals surface area (Å²) in [6, 6.07) is 10.2. The Labute approximate surface area is 239 Å². The van der Waals surface area contributed by atoms with Gasteiger partial charge in [0, 0.05) is 41.9 Å². The number of nitrogens with one attached hydrogen (secondary N) is 2. The van der Waals surface area contributed by atoms with E-state index in [0.29, 0.717) is 17.9 Å². The number of piperidine rings is 1. The van der Waals surface area contributed by atoms with Crippen LogP contribution >= 0.6 is 11.6 Å². The maximum atomic E-state index is 16.0. The number of carboxylic acid groups (broad SMARTS) is 1. The molecule has 0 bridgehead atoms. The molecule has 4 heterocycles. The van der Waals surface area contributed by atoms with Crippen molar-refractivity contribution in [3.05, 3.63) is 88.1 Å². The highest BCUT2D eigenvalue weighted by atomic mass is 35.5. The maximum absolute atomic E-state index is 16.0. The number of halogens is 4. The van der Waals surface area contributed by atoms with E-state index in [-0.39, 0.29) is 59.6 Å². The number of aromatic amines is 1. The van der Waals surface area contributed by atoms with E-state index in [1.807, 2.05) is 18.7 Å². The van der Waals surface area contributed by atoms with Crippen LogP contribution < -0.4 is 5.32 Å². The Balaban J connectivity index is 1.47. The van der Waals surface area contributed by atoms with E-state index < -0.39 is 28.8 Å². The number of hydrogen-bond donors (Lipinski definition) is 3. The van der Waals surface area contributed by atoms with Gasteiger partial charge < -0.3 is 10.4 Å². The van der Waals surface area contributed by atoms with Crippen molar-refractivity contribution < 1.29 is 23.1 Å². The van der Waals surface area contributed by atoms with Crippen molar-refractivity contribution in [2.75, 3.05) is 11.9 Å². The number of aliphatic carboxylic acids is 1. The largest absolute Gasteiger partial charge is 0.481 e. The number of nitrogens with zero attached hydrogens (tertiary/aromatic N) is 4. The highest BCUT2D eigenvalue weighted by molar-refractivity contribution is 6.30. The van der Waals surface area contributed by atoms with Crippen LogP contribution in [0.1, 0.15) is 36.7 Å². The molecular weight excluding hydrogens is 557 g/mol. The molecule has 1 aromatic carbocycles. The lowest BCUT2D eigenvalue weighted by atomic mass is 9.72. The van der Waals surface area contributed by atoms with Crippen LogP contribution in [0.3, 0.4) is 0 Å². The Hall–Kier alpha value is -3.96. The summed E-state index contributed by atoms with van der Waals surface area (Å²) < 4.78 is 44.1. The minimum absolute atomic E-state index is 0.0264. The molecule has 1 saturated heterocycles. The molecule has 0 aliphatic carbocycles. The zero-order valence-electron chi connectivity index (χ0n) is 22.4. The van der Waals surface area contributed by atoms with Crippen LogP contribution in [0, 0.1) is 29.8 Å². The van der Waals surface area contributed by atoms with E-state index >= 15 is 4.39 Å². The Kier molecular flexibility index (Phi) is 8.01. The number of pyridine rings is 2. The number of carboxylic acids is 1. The molecule has 0 amide bonds. The summed E-state index contributed by atoms with van der Waals surface area (Å²) in [5, 5.41) is 20.4. The first-order valence-electron chi connectivity index (χ1n) is 13.1. The van der Waals surface area contributed by atoms with E-state index in [1.165, 1.54) is 24.3 Å². The van der Waals surface area contributed by atoms with Gasteiger partial charge in [-0.25, -0.2) is 18.2 Å². The molecular formula is C29H28ClF3N6O2. The van der Waals surface area contributed by atoms with E-state index in [0.717, 1.165) is 11.9 Å². The third-order valence-electron chi connectivity index (χ3n) is 7.54. The van der Waals surface area contributed by atoms with Gasteiger partial charge in [-0.15, -0.1) is 0 Å². The Bertz CT molecular complexity index is 1580. The number of rotatable bonds is 8. The standard InChI is InChI=1S/C29H28ClF3N6O2/c1-16-10-25(38-37-16)36-24-11-20(22-7-6-19(31)14-34-22)27(33)23(35-24)13-29(28(40)41)8-9-39(17(2)12-29)15-18-4-3-5-21(30)26(18)32/h3-7,10-11,14,17H,8-9,12-13,15H2,1-2H3,(H,40,41)(H2,35,36,37,38)/t17-,29-/m1/s1. The number of benzene rings is 1. The van der Waals surface area contributed by atoms with Gasteiger partial charge in [-0.2, -0.15) is 5.10 Å². The minimum atomic E-state index is -1.33. The fourth-order valence-corrected chi connectivity index (χ4v) is 5.54. The van der Waals surface area contributed by atoms with Crippen molar-refractivity contribution in [3.8, 4) is 11.3 Å². The molecule has 1 aliphatic rings. The summed E-state index contributed by atoms with van der Waals surface area (Å²) in [5.74, 6) is -2.20. The molecule has 3 N–H and O–H groups in total. The molecule has 41 heavy (non-hydrogen) atoms. The molecule has 4 aromatic rings. The third kappa shape index (κ3) is 6.06. The molecule has 0 radical (unpaired) electrons. The number of hydrogen-bond acceptors (Lipinski definition) is 6. The molecule has 12 heteroatoms. The molecule has 0 saturated carbocycles. The number of anilines is 2. The molecule has 2 atom stereocenters. The van der Waals surface area contributed by atoms with Gasteiger partial charge in [0.15, 0.2) is 11.6 Å². The molecule has 1 aliphatic heterocycles. The zero-order chi connectivity index (χ0) is 29.3. The van der Waals surface area contributed by atoms with Gasteiger partial charge in [0.05, 0.1) is 28.0 Å². The van der Waals surface area contributed by atoms with Crippen molar-refractivity contribution in [3.63, 3.8) is 0 Å². The Morgan fingerprint density at radius 3 is 2.66 bits per heavy atom. The third-order valence-corrected chi connectivity index (χ3v) is 7.84. The van der Waals surface area contributed by atoms with Crippen molar-refractivity contribution >= 4 is 29.2 Å². The van der Waals surface area contributed by atoms with E-state index in [4.69, 9.17) is 11.6 Å². The van der Waals surface area contributed by atoms with Crippen molar-refractivity contribution in [1.82, 2.24) is 25.1 Å². The van der Waals surface area contributed by atoms with Gasteiger partial charge in [0.2, 0.25) is 0 Å². The second-order valence-corrected chi connectivity index (χ2v) is 10.9. The van der Waals surface area contributed by atoms with Gasteiger partial charge in [-0.05, 0) is 57.5 Å². The highest BCUT2D eigenvalue weighted by Gasteiger charge is 2.45. The summed E-state index contributed by atoms with van der Waals surface area (Å²) in [6.45, 7) is 4.30. The van der Waals surface area contributed by atoms with Gasteiger partial charge in [-0.1, -0.05) is 23.7 Å². The fourth-order valence-electron chi connectivity index (χ4n) is 5.35. The van der Waals surface area contributed by atoms with Crippen LogP contribution in [0.5, 0.6) is 0 Å². The summed E-state index contributed by atoms with van der Waals surface area (Å²) in [4.78, 5) is 23.2. The quantitative estimate of drug-likeness (QED) is 0.223. The summed E-state index contributed by atoms with van der Waals surface area (Å²) in [5.41, 5.74) is 0.0396. The van der Waals surface area contributed by atoms with Crippen LogP contribution in [0.4, 0.5) is 24.8 Å². The molecule has 5 rings (SSSR count). The van der Waals surface area contributed by atoms with Crippen LogP contribution in [0.2, 0.25) is 5.02 Å². The van der Waals surface area contributed by atoms with Crippen LogP contribution in [-0.4, -0.2) is 48.7 Å². The first-order chi connectivity index (χ1) is 19.5. The number of likely N-dealkylation sites (tertiary alicyclic amines) is 1. The number of carbonyl (C=O) groups is 1. The average Bonchev–Trinajstić information content (AvgIpc) is 3.34. The molecule has 3 aromatic heterocycles. The SMILES string of the molecule is Cc1cc(Nc2cc(-c3ccc(F)cn3)c(F)c(C[C@@]3(C(=O)O)CCN(Cc4cccc(Cl)c4F)[C@H](C)C3)n2)n[nH]1. The number of aromatic nitrogens is 4. The van der Waals surface area contributed by atoms with E-state index in [9.17, 15) is 18.7 Å². The zero-order valence-corrected chi connectivity index (χ0v) is 23.1. The molecule has 0 spiro atoms. The molecule has 8 nitrogen and oxygen atoms in total. The van der Waals surface area contributed by atoms with Gasteiger partial charge in [0.1, 0.15) is 17.5 Å². The molecule has 214 valence electrons. The van der Waals surface area contributed by atoms with Crippen LogP contribution in [-0.2, 0) is 17.8 Å². The van der Waals surface area contributed by atoms with Gasteiger partial charge in [0.25, 0.3) is 0 Å². The minimum Gasteiger partial charge on any atom is -0.481 e. The normalized spacial score (nSPS) is 19.3. The lowest BCUT2D eigenvalue weighted by Crippen LogP contribution is -2.50. The van der Waals surface area contributed by atoms with Gasteiger partial charge >= 0.3 is 5.97 Å². The van der Waals surface area contributed by atoms with Crippen molar-refractivity contribution in [2.45, 2.75) is 45.7 Å². The topological polar surface area (TPSA) is 107 Å². The first-order valence-corrected chi connectivity index (χ1v) is 13.4. The van der Waals surface area contributed by atoms with E-state index in [2.05, 4.69) is 25.5 Å². The fraction of sp³-hybridized carbons (Fsp3) is 0.310. The smallest absolute Gasteiger partial charge is 0.310 e. The Morgan fingerprint density at radius 2 is 2.00 bits per heavy atom. The predicted octanol–water partition coefficient (Wildman–Crippen LogP) is 6.29. The highest BCUT2D eigenvalue weighted by Crippen LogP contribution is 2.41. The summed E-state index contributed by atoms with van der Waals surface area (Å²) in [6.07, 6.45) is 1.17. The second kappa shape index (κ2) is 11.5. The predicted molar refractivity (Wildman–Crippen MR) is 148 cm³/mol. The number of aryl methyl sites for hydroxylation is 1. The summed E-state index contributed by atoms with van der Waals surface area (Å²) >= 11 is 5.94. The lowest BCUT2D eigenvalue weighted by Gasteiger charge is -2.43. The second-order valence-electron chi connectivity index (χ2n) is 10.5. The lowest BCUT2D eigenvalue weighted by molar-refractivity contribution is -0.153. The monoisotopic (exact) mass is 584 g/mol. The van der Waals surface area contributed by atoms with E-state index in [1.54, 1.807) is 18.2 Å². The Morgan fingerprint density at radius 1 is 1.20 bits per heavy atom.